The van der Waals surface area contributed by atoms with Gasteiger partial charge in [-0.15, -0.1) is 11.3 Å². The summed E-state index contributed by atoms with van der Waals surface area (Å²) in [6.07, 6.45) is 0.438. The fourth-order valence-corrected chi connectivity index (χ4v) is 3.07. The summed E-state index contributed by atoms with van der Waals surface area (Å²) in [5.74, 6) is -1.42. The molecule has 2 unspecified atom stereocenters. The van der Waals surface area contributed by atoms with Crippen molar-refractivity contribution in [3.8, 4) is 0 Å². The van der Waals surface area contributed by atoms with Crippen LogP contribution in [0.2, 0.25) is 0 Å². The average molecular weight is 403 g/mol. The maximum absolute atomic E-state index is 12.5. The number of hydrogen-bond acceptors (Lipinski definition) is 12. The Balaban J connectivity index is 2.15. The molecule has 2 rings (SSSR count). The first kappa shape index (κ1) is 19.6. The molecule has 0 aliphatic carbocycles. The fourth-order valence-electron chi connectivity index (χ4n) is 2.02. The molecule has 2 atom stereocenters. The second kappa shape index (κ2) is 9.12. The zero-order valence-electron chi connectivity index (χ0n) is 12.9. The van der Waals surface area contributed by atoms with Crippen molar-refractivity contribution in [1.29, 1.82) is 0 Å². The molecule has 2 heterocycles. The van der Waals surface area contributed by atoms with Gasteiger partial charge < -0.3 is 25.2 Å². The predicted molar refractivity (Wildman–Crippen MR) is 89.9 cm³/mol. The smallest absolute Gasteiger partial charge is 0.293 e. The number of thiazole rings is 1. The van der Waals surface area contributed by atoms with Gasteiger partial charge in [-0.25, -0.2) is 4.98 Å². The molecule has 1 aromatic rings. The van der Waals surface area contributed by atoms with Crippen LogP contribution < -0.4 is 11.1 Å². The zero-order valence-corrected chi connectivity index (χ0v) is 14.6. The minimum absolute atomic E-state index is 0.0942. The van der Waals surface area contributed by atoms with Gasteiger partial charge in [-0.1, -0.05) is 5.16 Å². The highest BCUT2D eigenvalue weighted by Crippen LogP contribution is 2.27. The van der Waals surface area contributed by atoms with E-state index in [2.05, 4.69) is 20.2 Å². The van der Waals surface area contributed by atoms with E-state index < -0.39 is 23.9 Å². The summed E-state index contributed by atoms with van der Waals surface area (Å²) < 4.78 is 14.6. The standard InChI is InChI=1S/C12H13N5O7S2/c13-12-14-6(4-25-12)8(16-24-2-1-18)10(20)15-9-7(3-23-5-19)17(26-22)11(9)21/h1,4-5,7,9,22H,2-3H2,(H2,13,14)(H,15,20)/b16-8-. The normalized spacial score (nSPS) is 19.5. The van der Waals surface area contributed by atoms with Crippen LogP contribution in [-0.4, -0.2) is 69.4 Å². The first-order valence-corrected chi connectivity index (χ1v) is 8.50. The van der Waals surface area contributed by atoms with E-state index in [1.54, 1.807) is 0 Å². The largest absolute Gasteiger partial charge is 0.466 e. The molecule has 1 fully saturated rings. The van der Waals surface area contributed by atoms with Crippen molar-refractivity contribution in [2.24, 2.45) is 5.16 Å². The van der Waals surface area contributed by atoms with Crippen molar-refractivity contribution < 1.29 is 33.3 Å². The quantitative estimate of drug-likeness (QED) is 0.0804. The van der Waals surface area contributed by atoms with E-state index in [1.807, 2.05) is 0 Å². The third-order valence-electron chi connectivity index (χ3n) is 3.16. The summed E-state index contributed by atoms with van der Waals surface area (Å²) in [6, 6.07) is -1.83. The van der Waals surface area contributed by atoms with E-state index in [-0.39, 0.29) is 48.5 Å². The molecule has 1 aromatic heterocycles. The van der Waals surface area contributed by atoms with Crippen molar-refractivity contribution in [2.75, 3.05) is 18.9 Å². The van der Waals surface area contributed by atoms with Gasteiger partial charge in [0, 0.05) is 5.38 Å². The van der Waals surface area contributed by atoms with Crippen molar-refractivity contribution in [3.63, 3.8) is 0 Å². The maximum Gasteiger partial charge on any atom is 0.293 e. The number of hydrogen-bond donors (Lipinski definition) is 3. The van der Waals surface area contributed by atoms with Crippen LogP contribution >= 0.6 is 23.6 Å². The number of carbonyl (C=O) groups is 4. The number of ether oxygens (including phenoxy) is 1. The van der Waals surface area contributed by atoms with Crippen LogP contribution in [0.5, 0.6) is 0 Å². The van der Waals surface area contributed by atoms with Crippen LogP contribution in [0.3, 0.4) is 0 Å². The van der Waals surface area contributed by atoms with Crippen LogP contribution in [0.25, 0.3) is 0 Å². The third kappa shape index (κ3) is 4.27. The highest BCUT2D eigenvalue weighted by molar-refractivity contribution is 7.92. The van der Waals surface area contributed by atoms with Gasteiger partial charge in [0.2, 0.25) is 0 Å². The first-order valence-electron chi connectivity index (χ1n) is 6.89. The molecule has 26 heavy (non-hydrogen) atoms. The number of nitrogens with one attached hydrogen (secondary N) is 1. The van der Waals surface area contributed by atoms with E-state index in [0.717, 1.165) is 15.6 Å². The summed E-state index contributed by atoms with van der Waals surface area (Å²) in [4.78, 5) is 53.7. The molecule has 0 radical (unpaired) electrons. The second-order valence-corrected chi connectivity index (χ2v) is 6.11. The monoisotopic (exact) mass is 403 g/mol. The zero-order chi connectivity index (χ0) is 19.1. The van der Waals surface area contributed by atoms with E-state index >= 15 is 0 Å². The number of amides is 2. The third-order valence-corrected chi connectivity index (χ3v) is 4.46. The highest BCUT2D eigenvalue weighted by Gasteiger charge is 2.50. The van der Waals surface area contributed by atoms with Crippen molar-refractivity contribution in [3.05, 3.63) is 11.1 Å². The number of nitrogen functional groups attached to an aromatic ring is 1. The number of nitrogens with two attached hydrogens (primary N) is 1. The highest BCUT2D eigenvalue weighted by atomic mass is 32.2. The molecular weight excluding hydrogens is 390 g/mol. The Kier molecular flexibility index (Phi) is 6.88. The Labute approximate surface area is 154 Å². The van der Waals surface area contributed by atoms with Gasteiger partial charge in [-0.05, 0) is 0 Å². The summed E-state index contributed by atoms with van der Waals surface area (Å²) in [5, 5.41) is 7.58. The summed E-state index contributed by atoms with van der Waals surface area (Å²) >= 11 is 1.20. The van der Waals surface area contributed by atoms with E-state index in [0.29, 0.717) is 6.29 Å². The Morgan fingerprint density at radius 1 is 1.58 bits per heavy atom. The summed E-state index contributed by atoms with van der Waals surface area (Å²) in [7, 11) is 0. The molecule has 0 spiro atoms. The molecule has 140 valence electrons. The van der Waals surface area contributed by atoms with E-state index in [1.165, 1.54) is 5.38 Å². The molecular formula is C12H13N5O7S2. The van der Waals surface area contributed by atoms with Crippen molar-refractivity contribution >= 4 is 59.0 Å². The lowest BCUT2D eigenvalue weighted by Gasteiger charge is -2.43. The number of aromatic nitrogens is 1. The minimum Gasteiger partial charge on any atom is -0.466 e. The molecule has 0 aromatic carbocycles. The topological polar surface area (TPSA) is 174 Å². The number of oxime groups is 1. The van der Waals surface area contributed by atoms with Crippen LogP contribution in [0.4, 0.5) is 5.13 Å². The van der Waals surface area contributed by atoms with Gasteiger partial charge >= 0.3 is 0 Å². The van der Waals surface area contributed by atoms with Crippen molar-refractivity contribution in [1.82, 2.24) is 14.6 Å². The van der Waals surface area contributed by atoms with Crippen LogP contribution in [0, 0.1) is 0 Å². The summed E-state index contributed by atoms with van der Waals surface area (Å²) in [6.45, 7) is -0.435. The lowest BCUT2D eigenvalue weighted by atomic mass is 9.99. The maximum atomic E-state index is 12.5. The van der Waals surface area contributed by atoms with E-state index in [9.17, 15) is 19.2 Å². The Morgan fingerprint density at radius 3 is 2.92 bits per heavy atom. The minimum atomic E-state index is -1.06. The molecule has 0 saturated carbocycles. The number of anilines is 1. The molecule has 12 nitrogen and oxygen atoms in total. The van der Waals surface area contributed by atoms with Gasteiger partial charge in [-0.2, -0.15) is 0 Å². The number of β-lactam (4-membered cyclic amide) rings is 1. The lowest BCUT2D eigenvalue weighted by molar-refractivity contribution is -0.149. The first-order chi connectivity index (χ1) is 12.5. The number of nitrogens with zero attached hydrogens (tertiary/aromatic N) is 3. The SMILES string of the molecule is Nc1nc(/C(=N/OCC=O)C(=O)NC2C(=O)N(SO)C2COC=O)cs1. The van der Waals surface area contributed by atoms with Gasteiger partial charge in [0.1, 0.15) is 36.6 Å². The number of carbonyl (C=O) groups excluding carboxylic acids is 4. The van der Waals surface area contributed by atoms with Crippen LogP contribution in [-0.2, 0) is 28.8 Å². The molecule has 14 heteroatoms. The molecule has 1 aliphatic rings. The summed E-state index contributed by atoms with van der Waals surface area (Å²) in [5.41, 5.74) is 5.33. The molecule has 0 bridgehead atoms. The number of rotatable bonds is 10. The number of aldehydes is 1. The van der Waals surface area contributed by atoms with Crippen LogP contribution in [0.1, 0.15) is 5.69 Å². The average Bonchev–Trinajstić information content (AvgIpc) is 3.05. The van der Waals surface area contributed by atoms with Gasteiger partial charge in [0.25, 0.3) is 18.3 Å². The Bertz CT molecular complexity index is 725. The molecule has 1 saturated heterocycles. The fraction of sp³-hybridized carbons (Fsp3) is 0.333. The Morgan fingerprint density at radius 2 is 2.35 bits per heavy atom. The lowest BCUT2D eigenvalue weighted by Crippen LogP contribution is -2.70. The van der Waals surface area contributed by atoms with E-state index in [4.69, 9.17) is 15.1 Å². The van der Waals surface area contributed by atoms with Crippen molar-refractivity contribution in [2.45, 2.75) is 12.1 Å². The molecule has 1 aliphatic heterocycles. The second-order valence-electron chi connectivity index (χ2n) is 4.67. The predicted octanol–water partition coefficient (Wildman–Crippen LogP) is -1.37. The van der Waals surface area contributed by atoms with Gasteiger partial charge in [0.15, 0.2) is 23.7 Å². The Hall–Kier alpha value is -2.71. The van der Waals surface area contributed by atoms with Crippen LogP contribution in [0.15, 0.2) is 10.5 Å². The molecule has 4 N–H and O–H groups in total. The molecule has 2 amide bonds. The van der Waals surface area contributed by atoms with Gasteiger partial charge in [-0.3, -0.25) is 23.5 Å². The van der Waals surface area contributed by atoms with Gasteiger partial charge in [0.05, 0.1) is 0 Å².